The first-order chi connectivity index (χ1) is 13.0. The van der Waals surface area contributed by atoms with E-state index in [4.69, 9.17) is 14.2 Å². The Hall–Kier alpha value is -3.55. The van der Waals surface area contributed by atoms with Crippen LogP contribution in [0.2, 0.25) is 0 Å². The molecule has 0 aliphatic rings. The van der Waals surface area contributed by atoms with Gasteiger partial charge in [0, 0.05) is 0 Å². The van der Waals surface area contributed by atoms with Crippen LogP contribution in [0.15, 0.2) is 42.5 Å². The summed E-state index contributed by atoms with van der Waals surface area (Å²) in [5.74, 6) is -1.38. The average molecular weight is 373 g/mol. The van der Waals surface area contributed by atoms with Crippen LogP contribution in [-0.4, -0.2) is 45.8 Å². The van der Waals surface area contributed by atoms with Crippen LogP contribution in [0.25, 0.3) is 0 Å². The molecule has 0 unspecified atom stereocenters. The second kappa shape index (κ2) is 9.23. The molecule has 142 valence electrons. The first-order valence-electron chi connectivity index (χ1n) is 7.87. The van der Waals surface area contributed by atoms with E-state index < -0.39 is 24.5 Å². The number of anilines is 1. The first-order valence-corrected chi connectivity index (χ1v) is 7.87. The highest BCUT2D eigenvalue weighted by Gasteiger charge is 2.19. The van der Waals surface area contributed by atoms with Gasteiger partial charge in [-0.25, -0.2) is 9.59 Å². The summed E-state index contributed by atoms with van der Waals surface area (Å²) in [6, 6.07) is 11.1. The van der Waals surface area contributed by atoms with Crippen molar-refractivity contribution in [2.75, 3.05) is 33.3 Å². The molecule has 2 rings (SSSR count). The molecule has 8 heteroatoms. The van der Waals surface area contributed by atoms with E-state index in [9.17, 15) is 14.4 Å². The van der Waals surface area contributed by atoms with Crippen molar-refractivity contribution in [2.24, 2.45) is 0 Å². The SMILES string of the molecule is COC(=O)c1ccccc1NC(=O)COC(=O)c1cccc(OC)c1OC. The van der Waals surface area contributed by atoms with Crippen molar-refractivity contribution in [3.8, 4) is 11.5 Å². The lowest BCUT2D eigenvalue weighted by Crippen LogP contribution is -2.22. The highest BCUT2D eigenvalue weighted by molar-refractivity contribution is 6.02. The Morgan fingerprint density at radius 2 is 1.56 bits per heavy atom. The molecule has 1 N–H and O–H groups in total. The Labute approximate surface area is 156 Å². The Morgan fingerprint density at radius 3 is 2.22 bits per heavy atom. The van der Waals surface area contributed by atoms with Crippen LogP contribution >= 0.6 is 0 Å². The number of ether oxygens (including phenoxy) is 4. The number of amides is 1. The molecule has 0 aliphatic carbocycles. The number of carbonyl (C=O) groups excluding carboxylic acids is 3. The van der Waals surface area contributed by atoms with Crippen LogP contribution in [0.4, 0.5) is 5.69 Å². The van der Waals surface area contributed by atoms with Gasteiger partial charge in [0.15, 0.2) is 18.1 Å². The molecule has 27 heavy (non-hydrogen) atoms. The van der Waals surface area contributed by atoms with Crippen LogP contribution in [0, 0.1) is 0 Å². The molecule has 0 radical (unpaired) electrons. The minimum Gasteiger partial charge on any atom is -0.493 e. The first kappa shape index (κ1) is 19.8. The monoisotopic (exact) mass is 373 g/mol. The van der Waals surface area contributed by atoms with Crippen molar-refractivity contribution in [2.45, 2.75) is 0 Å². The molecule has 2 aromatic rings. The summed E-state index contributed by atoms with van der Waals surface area (Å²) in [5.41, 5.74) is 0.568. The van der Waals surface area contributed by atoms with Gasteiger partial charge >= 0.3 is 11.9 Å². The zero-order valence-corrected chi connectivity index (χ0v) is 15.1. The molecular formula is C19H19NO7. The topological polar surface area (TPSA) is 100 Å². The lowest BCUT2D eigenvalue weighted by molar-refractivity contribution is -0.119. The van der Waals surface area contributed by atoms with Crippen molar-refractivity contribution in [3.63, 3.8) is 0 Å². The number of nitrogens with one attached hydrogen (secondary N) is 1. The van der Waals surface area contributed by atoms with E-state index in [1.807, 2.05) is 0 Å². The molecule has 0 saturated heterocycles. The van der Waals surface area contributed by atoms with Crippen molar-refractivity contribution in [3.05, 3.63) is 53.6 Å². The van der Waals surface area contributed by atoms with E-state index >= 15 is 0 Å². The number of hydrogen-bond acceptors (Lipinski definition) is 7. The fourth-order valence-corrected chi connectivity index (χ4v) is 2.32. The van der Waals surface area contributed by atoms with Gasteiger partial charge in [-0.3, -0.25) is 4.79 Å². The van der Waals surface area contributed by atoms with E-state index in [1.54, 1.807) is 24.3 Å². The predicted molar refractivity (Wildman–Crippen MR) is 96.2 cm³/mol. The number of para-hydroxylation sites is 2. The van der Waals surface area contributed by atoms with Crippen LogP contribution < -0.4 is 14.8 Å². The van der Waals surface area contributed by atoms with Gasteiger partial charge in [0.1, 0.15) is 5.56 Å². The summed E-state index contributed by atoms with van der Waals surface area (Å²) in [5, 5.41) is 2.51. The maximum atomic E-state index is 12.3. The van der Waals surface area contributed by atoms with Crippen LogP contribution in [0.5, 0.6) is 11.5 Å². The highest BCUT2D eigenvalue weighted by Crippen LogP contribution is 2.31. The quantitative estimate of drug-likeness (QED) is 0.743. The smallest absolute Gasteiger partial charge is 0.342 e. The third-order valence-corrected chi connectivity index (χ3v) is 3.56. The third-order valence-electron chi connectivity index (χ3n) is 3.56. The van der Waals surface area contributed by atoms with Gasteiger partial charge in [-0.05, 0) is 24.3 Å². The number of esters is 2. The Balaban J connectivity index is 2.05. The Bertz CT molecular complexity index is 848. The highest BCUT2D eigenvalue weighted by atomic mass is 16.5. The number of methoxy groups -OCH3 is 3. The molecule has 1 amide bonds. The number of rotatable bonds is 7. The molecule has 0 bridgehead atoms. The van der Waals surface area contributed by atoms with Gasteiger partial charge in [-0.2, -0.15) is 0 Å². The van der Waals surface area contributed by atoms with Gasteiger partial charge < -0.3 is 24.3 Å². The van der Waals surface area contributed by atoms with E-state index in [-0.39, 0.29) is 22.6 Å². The maximum Gasteiger partial charge on any atom is 0.342 e. The largest absolute Gasteiger partial charge is 0.493 e. The van der Waals surface area contributed by atoms with Crippen molar-refractivity contribution >= 4 is 23.5 Å². The van der Waals surface area contributed by atoms with Crippen molar-refractivity contribution < 1.29 is 33.3 Å². The fourth-order valence-electron chi connectivity index (χ4n) is 2.32. The van der Waals surface area contributed by atoms with Gasteiger partial charge in [0.25, 0.3) is 5.91 Å². The van der Waals surface area contributed by atoms with Crippen molar-refractivity contribution in [1.82, 2.24) is 0 Å². The second-order valence-corrected chi connectivity index (χ2v) is 5.20. The van der Waals surface area contributed by atoms with Crippen LogP contribution in [0.3, 0.4) is 0 Å². The van der Waals surface area contributed by atoms with Crippen LogP contribution in [-0.2, 0) is 14.3 Å². The van der Waals surface area contributed by atoms with E-state index in [0.717, 1.165) is 0 Å². The standard InChI is InChI=1S/C19H19NO7/c1-24-15-10-6-8-13(17(15)25-2)19(23)27-11-16(21)20-14-9-5-4-7-12(14)18(22)26-3/h4-10H,11H2,1-3H3,(H,20,21). The number of carbonyl (C=O) groups is 3. The molecule has 0 aromatic heterocycles. The molecule has 0 fully saturated rings. The van der Waals surface area contributed by atoms with Gasteiger partial charge in [-0.15, -0.1) is 0 Å². The Morgan fingerprint density at radius 1 is 0.852 bits per heavy atom. The molecule has 0 spiro atoms. The lowest BCUT2D eigenvalue weighted by atomic mass is 10.2. The van der Waals surface area contributed by atoms with Crippen LogP contribution in [0.1, 0.15) is 20.7 Å². The minimum absolute atomic E-state index is 0.125. The summed E-state index contributed by atoms with van der Waals surface area (Å²) < 4.78 is 20.0. The van der Waals surface area contributed by atoms with Gasteiger partial charge in [0.2, 0.25) is 0 Å². The zero-order chi connectivity index (χ0) is 19.8. The van der Waals surface area contributed by atoms with Gasteiger partial charge in [0.05, 0.1) is 32.6 Å². The summed E-state index contributed by atoms with van der Waals surface area (Å²) in [6.07, 6.45) is 0. The number of hydrogen-bond donors (Lipinski definition) is 1. The third kappa shape index (κ3) is 4.75. The molecule has 0 saturated carbocycles. The summed E-state index contributed by atoms with van der Waals surface area (Å²) in [4.78, 5) is 36.1. The predicted octanol–water partition coefficient (Wildman–Crippen LogP) is 2.29. The average Bonchev–Trinajstić information content (AvgIpc) is 2.71. The molecule has 0 atom stereocenters. The maximum absolute atomic E-state index is 12.3. The molecule has 0 aliphatic heterocycles. The second-order valence-electron chi connectivity index (χ2n) is 5.20. The molecular weight excluding hydrogens is 354 g/mol. The summed E-state index contributed by atoms with van der Waals surface area (Å²) >= 11 is 0. The van der Waals surface area contributed by atoms with E-state index in [0.29, 0.717) is 5.75 Å². The molecule has 0 heterocycles. The summed E-state index contributed by atoms with van der Waals surface area (Å²) in [7, 11) is 4.08. The summed E-state index contributed by atoms with van der Waals surface area (Å²) in [6.45, 7) is -0.547. The van der Waals surface area contributed by atoms with E-state index in [1.165, 1.54) is 39.5 Å². The lowest BCUT2D eigenvalue weighted by Gasteiger charge is -2.12. The van der Waals surface area contributed by atoms with E-state index in [2.05, 4.69) is 10.1 Å². The minimum atomic E-state index is -0.748. The van der Waals surface area contributed by atoms with Gasteiger partial charge in [-0.1, -0.05) is 18.2 Å². The molecule has 2 aromatic carbocycles. The Kier molecular flexibility index (Phi) is 6.76. The fraction of sp³-hybridized carbons (Fsp3) is 0.211. The number of benzene rings is 2. The van der Waals surface area contributed by atoms with Crippen molar-refractivity contribution in [1.29, 1.82) is 0 Å². The normalized spacial score (nSPS) is 9.89. The zero-order valence-electron chi connectivity index (χ0n) is 15.1. The molecule has 8 nitrogen and oxygen atoms in total.